The van der Waals surface area contributed by atoms with E-state index in [1.165, 1.54) is 12.0 Å². The Bertz CT molecular complexity index is 1050. The van der Waals surface area contributed by atoms with Gasteiger partial charge in [-0.15, -0.1) is 0 Å². The van der Waals surface area contributed by atoms with E-state index in [4.69, 9.17) is 4.74 Å². The Morgan fingerprint density at radius 1 is 1.00 bits per heavy atom. The van der Waals surface area contributed by atoms with Gasteiger partial charge < -0.3 is 15.4 Å². The number of urea groups is 1. The number of nitrogens with one attached hydrogen (secondary N) is 2. The summed E-state index contributed by atoms with van der Waals surface area (Å²) in [5.41, 5.74) is 1.43. The maximum Gasteiger partial charge on any atom is 0.320 e. The van der Waals surface area contributed by atoms with E-state index in [9.17, 15) is 14.4 Å². The molecule has 2 N–H and O–H groups in total. The van der Waals surface area contributed by atoms with Gasteiger partial charge in [0.2, 0.25) is 11.8 Å². The van der Waals surface area contributed by atoms with Crippen molar-refractivity contribution in [3.05, 3.63) is 72.3 Å². The van der Waals surface area contributed by atoms with Crippen LogP contribution in [0.4, 0.5) is 10.5 Å². The smallest absolute Gasteiger partial charge is 0.320 e. The molecular formula is C25H25N3O4. The van der Waals surface area contributed by atoms with E-state index < -0.39 is 12.2 Å². The molecule has 0 spiro atoms. The normalized spacial score (nSPS) is 26.2. The Labute approximate surface area is 186 Å². The summed E-state index contributed by atoms with van der Waals surface area (Å²) in [7, 11) is 1.53. The highest BCUT2D eigenvalue weighted by atomic mass is 16.5. The zero-order valence-corrected chi connectivity index (χ0v) is 17.7. The first kappa shape index (κ1) is 20.3. The van der Waals surface area contributed by atoms with Crippen molar-refractivity contribution in [1.82, 2.24) is 10.2 Å². The Morgan fingerprint density at radius 2 is 1.62 bits per heavy atom. The summed E-state index contributed by atoms with van der Waals surface area (Å²) in [6, 6.07) is 16.1. The number of hydrogen-bond acceptors (Lipinski definition) is 4. The number of para-hydroxylation sites is 2. The lowest BCUT2D eigenvalue weighted by Gasteiger charge is -2.29. The molecule has 7 heteroatoms. The van der Waals surface area contributed by atoms with Crippen LogP contribution in [0.5, 0.6) is 5.75 Å². The second-order valence-electron chi connectivity index (χ2n) is 8.55. The average molecular weight is 431 g/mol. The van der Waals surface area contributed by atoms with Crippen molar-refractivity contribution in [3.8, 4) is 5.75 Å². The number of anilines is 1. The van der Waals surface area contributed by atoms with Crippen LogP contribution in [-0.2, 0) is 16.0 Å². The topological polar surface area (TPSA) is 87.7 Å². The minimum Gasteiger partial charge on any atom is -0.495 e. The second-order valence-corrected chi connectivity index (χ2v) is 8.55. The van der Waals surface area contributed by atoms with Crippen molar-refractivity contribution in [1.29, 1.82) is 0 Å². The van der Waals surface area contributed by atoms with Crippen LogP contribution >= 0.6 is 0 Å². The molecule has 3 aliphatic rings. The van der Waals surface area contributed by atoms with E-state index in [2.05, 4.69) is 22.8 Å². The molecule has 0 aromatic heterocycles. The maximum absolute atomic E-state index is 13.3. The Hall–Kier alpha value is -3.61. The highest BCUT2D eigenvalue weighted by Crippen LogP contribution is 2.52. The Balaban J connectivity index is 1.39. The number of allylic oxidation sites excluding steroid dienone is 2. The molecule has 2 aromatic rings. The standard InChI is InChI=1S/C25H25N3O4/c1-32-19-10-6-5-9-18(19)26-25(31)27-20(13-15-7-3-2-4-8-15)28-23(29)21-16-11-12-17(14-16)22(21)24(28)30/h2-12,16-17,20-22H,13-14H2,1H3,(H2,26,27,31). The fourth-order valence-corrected chi connectivity index (χ4v) is 5.33. The number of nitrogens with zero attached hydrogens (tertiary/aromatic N) is 1. The summed E-state index contributed by atoms with van der Waals surface area (Å²) in [5.74, 6) is -0.235. The van der Waals surface area contributed by atoms with Crippen LogP contribution in [0.25, 0.3) is 0 Å². The van der Waals surface area contributed by atoms with Gasteiger partial charge in [-0.1, -0.05) is 54.6 Å². The van der Waals surface area contributed by atoms with Crippen molar-refractivity contribution >= 4 is 23.5 Å². The highest BCUT2D eigenvalue weighted by molar-refractivity contribution is 6.07. The van der Waals surface area contributed by atoms with Gasteiger partial charge in [-0.25, -0.2) is 4.79 Å². The number of hydrogen-bond donors (Lipinski definition) is 2. The molecule has 2 aliphatic carbocycles. The predicted octanol–water partition coefficient (Wildman–Crippen LogP) is 3.19. The van der Waals surface area contributed by atoms with Gasteiger partial charge in [0.15, 0.2) is 0 Å². The van der Waals surface area contributed by atoms with Crippen LogP contribution in [0.2, 0.25) is 0 Å². The van der Waals surface area contributed by atoms with E-state index in [-0.39, 0.29) is 35.5 Å². The number of fused-ring (bicyclic) bond motifs is 5. The Morgan fingerprint density at radius 3 is 2.28 bits per heavy atom. The first-order chi connectivity index (χ1) is 15.6. The summed E-state index contributed by atoms with van der Waals surface area (Å²) in [6.45, 7) is 0. The number of amides is 4. The van der Waals surface area contributed by atoms with Gasteiger partial charge >= 0.3 is 6.03 Å². The van der Waals surface area contributed by atoms with Gasteiger partial charge in [-0.3, -0.25) is 14.5 Å². The summed E-state index contributed by atoms with van der Waals surface area (Å²) in [4.78, 5) is 40.9. The number of ether oxygens (including phenoxy) is 1. The number of imide groups is 1. The molecule has 5 unspecified atom stereocenters. The van der Waals surface area contributed by atoms with Crippen LogP contribution in [0.15, 0.2) is 66.7 Å². The van der Waals surface area contributed by atoms with Crippen LogP contribution in [0.3, 0.4) is 0 Å². The molecule has 32 heavy (non-hydrogen) atoms. The summed E-state index contributed by atoms with van der Waals surface area (Å²) < 4.78 is 5.29. The van der Waals surface area contributed by atoms with E-state index in [1.54, 1.807) is 18.2 Å². The molecular weight excluding hydrogens is 406 g/mol. The molecule has 164 valence electrons. The lowest BCUT2D eigenvalue weighted by atomic mass is 9.85. The summed E-state index contributed by atoms with van der Waals surface area (Å²) in [6.07, 6.45) is 4.55. The fourth-order valence-electron chi connectivity index (χ4n) is 5.33. The number of carbonyl (C=O) groups is 3. The zero-order chi connectivity index (χ0) is 22.2. The van der Waals surface area contributed by atoms with E-state index >= 15 is 0 Å². The first-order valence-electron chi connectivity index (χ1n) is 10.9. The molecule has 5 atom stereocenters. The molecule has 2 aromatic carbocycles. The highest BCUT2D eigenvalue weighted by Gasteiger charge is 2.60. The lowest BCUT2D eigenvalue weighted by Crippen LogP contribution is -2.53. The number of likely N-dealkylation sites (tertiary alicyclic amines) is 1. The third-order valence-corrected chi connectivity index (χ3v) is 6.74. The fraction of sp³-hybridized carbons (Fsp3) is 0.320. The maximum atomic E-state index is 13.3. The van der Waals surface area contributed by atoms with Crippen LogP contribution in [0.1, 0.15) is 12.0 Å². The van der Waals surface area contributed by atoms with Crippen molar-refractivity contribution in [2.24, 2.45) is 23.7 Å². The van der Waals surface area contributed by atoms with Gasteiger partial charge in [0.1, 0.15) is 11.9 Å². The van der Waals surface area contributed by atoms with Crippen LogP contribution < -0.4 is 15.4 Å². The number of rotatable bonds is 6. The third kappa shape index (κ3) is 3.43. The molecule has 1 saturated heterocycles. The van der Waals surface area contributed by atoms with Crippen molar-refractivity contribution in [3.63, 3.8) is 0 Å². The molecule has 0 radical (unpaired) electrons. The Kier molecular flexibility index (Phi) is 5.17. The monoisotopic (exact) mass is 431 g/mol. The first-order valence-corrected chi connectivity index (χ1v) is 10.9. The zero-order valence-electron chi connectivity index (χ0n) is 17.7. The van der Waals surface area contributed by atoms with Gasteiger partial charge in [-0.2, -0.15) is 0 Å². The molecule has 1 aliphatic heterocycles. The van der Waals surface area contributed by atoms with Gasteiger partial charge in [-0.05, 0) is 36.0 Å². The largest absolute Gasteiger partial charge is 0.495 e. The number of benzene rings is 2. The van der Waals surface area contributed by atoms with Gasteiger partial charge in [0.25, 0.3) is 0 Å². The minimum atomic E-state index is -0.780. The van der Waals surface area contributed by atoms with Gasteiger partial charge in [0.05, 0.1) is 24.6 Å². The van der Waals surface area contributed by atoms with Gasteiger partial charge in [0, 0.05) is 6.42 Å². The van der Waals surface area contributed by atoms with E-state index in [0.29, 0.717) is 17.9 Å². The number of carbonyl (C=O) groups excluding carboxylic acids is 3. The number of methoxy groups -OCH3 is 1. The summed E-state index contributed by atoms with van der Waals surface area (Å²) in [5, 5.41) is 5.64. The molecule has 2 bridgehead atoms. The van der Waals surface area contributed by atoms with Crippen molar-refractivity contribution in [2.75, 3.05) is 12.4 Å². The molecule has 7 nitrogen and oxygen atoms in total. The molecule has 1 saturated carbocycles. The quantitative estimate of drug-likeness (QED) is 0.543. The van der Waals surface area contributed by atoms with Crippen LogP contribution in [-0.4, -0.2) is 36.0 Å². The molecule has 2 fully saturated rings. The minimum absolute atomic E-state index is 0.117. The predicted molar refractivity (Wildman–Crippen MR) is 119 cm³/mol. The molecule has 5 rings (SSSR count). The van der Waals surface area contributed by atoms with E-state index in [1.807, 2.05) is 36.4 Å². The van der Waals surface area contributed by atoms with E-state index in [0.717, 1.165) is 12.0 Å². The lowest BCUT2D eigenvalue weighted by molar-refractivity contribution is -0.143. The molecule has 1 heterocycles. The average Bonchev–Trinajstić information content (AvgIpc) is 3.48. The van der Waals surface area contributed by atoms with Crippen molar-refractivity contribution < 1.29 is 19.1 Å². The molecule has 4 amide bonds. The SMILES string of the molecule is COc1ccccc1NC(=O)NC(Cc1ccccc1)N1C(=O)C2C3C=CC(C3)C2C1=O. The van der Waals surface area contributed by atoms with Crippen molar-refractivity contribution in [2.45, 2.75) is 19.0 Å². The van der Waals surface area contributed by atoms with Crippen LogP contribution in [0, 0.1) is 23.7 Å². The second kappa shape index (κ2) is 8.15. The summed E-state index contributed by atoms with van der Waals surface area (Å²) >= 11 is 0. The third-order valence-electron chi connectivity index (χ3n) is 6.74.